The normalized spacial score (nSPS) is 17.4. The predicted octanol–water partition coefficient (Wildman–Crippen LogP) is 4.51. The number of benzene rings is 1. The van der Waals surface area contributed by atoms with E-state index in [9.17, 15) is 9.90 Å². The van der Waals surface area contributed by atoms with Gasteiger partial charge >= 0.3 is 0 Å². The predicted molar refractivity (Wildman–Crippen MR) is 110 cm³/mol. The molecular formula is C21H31NO3S. The molecule has 0 radical (unpaired) electrons. The van der Waals surface area contributed by atoms with Gasteiger partial charge in [0.05, 0.1) is 17.4 Å². The van der Waals surface area contributed by atoms with Gasteiger partial charge in [0.2, 0.25) is 0 Å². The number of carbonyl (C=O) groups is 1. The van der Waals surface area contributed by atoms with E-state index in [0.717, 1.165) is 21.6 Å². The Labute approximate surface area is 161 Å². The molecule has 1 aliphatic heterocycles. The smallest absolute Gasteiger partial charge is 0.261 e. The zero-order chi connectivity index (χ0) is 19.7. The second-order valence-electron chi connectivity index (χ2n) is 8.81. The minimum Gasteiger partial charge on any atom is -0.507 e. The maximum atomic E-state index is 12.6. The molecular weight excluding hydrogens is 346 g/mol. The van der Waals surface area contributed by atoms with Crippen LogP contribution in [-0.4, -0.2) is 42.1 Å². The number of nitrogens with zero attached hydrogens (tertiary/aromatic N) is 1. The minimum atomic E-state index is -0.185. The highest BCUT2D eigenvalue weighted by Crippen LogP contribution is 2.41. The number of carbonyl (C=O) groups excluding carboxylic acids is 1. The van der Waals surface area contributed by atoms with Gasteiger partial charge < -0.3 is 14.7 Å². The van der Waals surface area contributed by atoms with E-state index in [1.54, 1.807) is 23.8 Å². The van der Waals surface area contributed by atoms with Gasteiger partial charge in [-0.05, 0) is 34.6 Å². The van der Waals surface area contributed by atoms with Crippen LogP contribution in [0, 0.1) is 0 Å². The summed E-state index contributed by atoms with van der Waals surface area (Å²) in [7, 11) is 1.64. The van der Waals surface area contributed by atoms with E-state index in [0.29, 0.717) is 24.8 Å². The van der Waals surface area contributed by atoms with E-state index in [1.165, 1.54) is 0 Å². The third-order valence-electron chi connectivity index (χ3n) is 4.49. The first-order valence-electron chi connectivity index (χ1n) is 8.96. The molecule has 4 nitrogen and oxygen atoms in total. The Morgan fingerprint density at radius 1 is 1.15 bits per heavy atom. The molecule has 0 unspecified atom stereocenters. The lowest BCUT2D eigenvalue weighted by atomic mass is 9.78. The molecule has 0 saturated carbocycles. The van der Waals surface area contributed by atoms with E-state index in [1.807, 2.05) is 18.2 Å². The van der Waals surface area contributed by atoms with Crippen molar-refractivity contribution in [3.05, 3.63) is 33.7 Å². The molecule has 5 heteroatoms. The van der Waals surface area contributed by atoms with Crippen molar-refractivity contribution in [1.82, 2.24) is 4.90 Å². The summed E-state index contributed by atoms with van der Waals surface area (Å²) in [6.45, 7) is 13.7. The van der Waals surface area contributed by atoms with E-state index in [4.69, 9.17) is 4.74 Å². The molecule has 1 N–H and O–H groups in total. The number of hydrogen-bond acceptors (Lipinski definition) is 4. The molecule has 0 bridgehead atoms. The number of amides is 1. The van der Waals surface area contributed by atoms with Crippen molar-refractivity contribution in [1.29, 1.82) is 0 Å². The zero-order valence-electron chi connectivity index (χ0n) is 17.0. The van der Waals surface area contributed by atoms with Crippen molar-refractivity contribution in [2.24, 2.45) is 0 Å². The molecule has 1 aliphatic rings. The SMILES string of the molecule is COCCN1CSC(=Cc2cc(C(C)(C)C)c(O)c(C(C)(C)C)c2)C1=O. The highest BCUT2D eigenvalue weighted by molar-refractivity contribution is 8.04. The summed E-state index contributed by atoms with van der Waals surface area (Å²) in [4.78, 5) is 15.1. The van der Waals surface area contributed by atoms with Crippen LogP contribution in [0.3, 0.4) is 0 Å². The van der Waals surface area contributed by atoms with Crippen LogP contribution in [0.25, 0.3) is 6.08 Å². The largest absolute Gasteiger partial charge is 0.507 e. The second kappa shape index (κ2) is 7.65. The molecule has 1 fully saturated rings. The monoisotopic (exact) mass is 377 g/mol. The minimum absolute atomic E-state index is 0.0507. The molecule has 1 amide bonds. The van der Waals surface area contributed by atoms with Crippen LogP contribution in [0.1, 0.15) is 58.2 Å². The molecule has 144 valence electrons. The van der Waals surface area contributed by atoms with Gasteiger partial charge in [-0.15, -0.1) is 0 Å². The lowest BCUT2D eigenvalue weighted by Gasteiger charge is -2.28. The van der Waals surface area contributed by atoms with Crippen molar-refractivity contribution in [3.8, 4) is 5.75 Å². The first kappa shape index (κ1) is 20.8. The third-order valence-corrected chi connectivity index (χ3v) is 5.53. The molecule has 2 rings (SSSR count). The van der Waals surface area contributed by atoms with Gasteiger partial charge in [0.15, 0.2) is 0 Å². The highest BCUT2D eigenvalue weighted by Gasteiger charge is 2.29. The Kier molecular flexibility index (Phi) is 6.13. The average molecular weight is 378 g/mol. The second-order valence-corrected chi connectivity index (χ2v) is 9.79. The Morgan fingerprint density at radius 3 is 2.15 bits per heavy atom. The van der Waals surface area contributed by atoms with Crippen molar-refractivity contribution in [2.45, 2.75) is 52.4 Å². The molecule has 1 heterocycles. The number of thioether (sulfide) groups is 1. The van der Waals surface area contributed by atoms with E-state index in [2.05, 4.69) is 41.5 Å². The van der Waals surface area contributed by atoms with Crippen LogP contribution in [0.4, 0.5) is 0 Å². The first-order valence-corrected chi connectivity index (χ1v) is 9.94. The first-order chi connectivity index (χ1) is 11.9. The number of aromatic hydroxyl groups is 1. The number of hydrogen-bond donors (Lipinski definition) is 1. The van der Waals surface area contributed by atoms with Crippen LogP contribution >= 0.6 is 11.8 Å². The van der Waals surface area contributed by atoms with Gasteiger partial charge in [0, 0.05) is 24.8 Å². The van der Waals surface area contributed by atoms with Crippen LogP contribution in [0.2, 0.25) is 0 Å². The van der Waals surface area contributed by atoms with E-state index >= 15 is 0 Å². The summed E-state index contributed by atoms with van der Waals surface area (Å²) in [5.41, 5.74) is 2.40. The lowest BCUT2D eigenvalue weighted by Crippen LogP contribution is -2.28. The summed E-state index contributed by atoms with van der Waals surface area (Å²) in [6.07, 6.45) is 1.95. The summed E-state index contributed by atoms with van der Waals surface area (Å²) in [5.74, 6) is 1.07. The summed E-state index contributed by atoms with van der Waals surface area (Å²) < 4.78 is 5.07. The Morgan fingerprint density at radius 2 is 1.69 bits per heavy atom. The Balaban J connectivity index is 2.46. The standard InChI is InChI=1S/C21H31NO3S/c1-20(2,3)15-10-14(11-16(18(15)23)21(4,5)6)12-17-19(24)22(13-26-17)8-9-25-7/h10-12,23H,8-9,13H2,1-7H3. The topological polar surface area (TPSA) is 49.8 Å². The molecule has 0 spiro atoms. The third kappa shape index (κ3) is 4.63. The fourth-order valence-electron chi connectivity index (χ4n) is 2.93. The number of methoxy groups -OCH3 is 1. The Hall–Kier alpha value is -1.46. The summed E-state index contributed by atoms with van der Waals surface area (Å²) in [6, 6.07) is 4.01. The maximum absolute atomic E-state index is 12.6. The van der Waals surface area contributed by atoms with E-state index in [-0.39, 0.29) is 16.7 Å². The summed E-state index contributed by atoms with van der Waals surface area (Å²) in [5, 5.41) is 10.8. The van der Waals surface area contributed by atoms with Gasteiger partial charge in [-0.3, -0.25) is 4.79 Å². The summed E-state index contributed by atoms with van der Waals surface area (Å²) >= 11 is 1.55. The lowest BCUT2D eigenvalue weighted by molar-refractivity contribution is -0.125. The fourth-order valence-corrected chi connectivity index (χ4v) is 3.94. The maximum Gasteiger partial charge on any atom is 0.261 e. The molecule has 0 aliphatic carbocycles. The van der Waals surface area contributed by atoms with Gasteiger partial charge in [0.1, 0.15) is 5.75 Å². The van der Waals surface area contributed by atoms with Crippen molar-refractivity contribution >= 4 is 23.7 Å². The zero-order valence-corrected chi connectivity index (χ0v) is 17.8. The van der Waals surface area contributed by atoms with Crippen LogP contribution in [0.15, 0.2) is 17.0 Å². The van der Waals surface area contributed by atoms with Gasteiger partial charge in [-0.2, -0.15) is 0 Å². The average Bonchev–Trinajstić information content (AvgIpc) is 2.85. The van der Waals surface area contributed by atoms with Crippen molar-refractivity contribution < 1.29 is 14.6 Å². The van der Waals surface area contributed by atoms with E-state index < -0.39 is 0 Å². The molecule has 1 aromatic rings. The van der Waals surface area contributed by atoms with Crippen molar-refractivity contribution in [3.63, 3.8) is 0 Å². The van der Waals surface area contributed by atoms with Crippen LogP contribution in [0.5, 0.6) is 5.75 Å². The molecule has 1 aromatic carbocycles. The van der Waals surface area contributed by atoms with Gasteiger partial charge in [0.25, 0.3) is 5.91 Å². The molecule has 0 atom stereocenters. The molecule has 26 heavy (non-hydrogen) atoms. The van der Waals surface area contributed by atoms with Gasteiger partial charge in [-0.1, -0.05) is 53.3 Å². The molecule has 1 saturated heterocycles. The van der Waals surface area contributed by atoms with Crippen LogP contribution in [-0.2, 0) is 20.4 Å². The number of phenols is 1. The highest BCUT2D eigenvalue weighted by atomic mass is 32.2. The molecule has 0 aromatic heterocycles. The van der Waals surface area contributed by atoms with Crippen molar-refractivity contribution in [2.75, 3.05) is 26.1 Å². The van der Waals surface area contributed by atoms with Gasteiger partial charge in [-0.25, -0.2) is 0 Å². The number of phenolic OH excluding ortho intramolecular Hbond substituents is 1. The Bertz CT molecular complexity index is 676. The fraction of sp³-hybridized carbons (Fsp3) is 0.571. The quantitative estimate of drug-likeness (QED) is 0.785. The van der Waals surface area contributed by atoms with Crippen LogP contribution < -0.4 is 0 Å². The number of ether oxygens (including phenoxy) is 1. The number of rotatable bonds is 4.